The summed E-state index contributed by atoms with van der Waals surface area (Å²) in [6.07, 6.45) is 8.84. The molecule has 1 atom stereocenters. The minimum atomic E-state index is 0.416. The van der Waals surface area contributed by atoms with Crippen molar-refractivity contribution < 1.29 is 0 Å². The number of allylic oxidation sites excluding steroid dienone is 2. The quantitative estimate of drug-likeness (QED) is 0.272. The van der Waals surface area contributed by atoms with Crippen molar-refractivity contribution in [2.24, 2.45) is 5.92 Å². The van der Waals surface area contributed by atoms with Crippen molar-refractivity contribution in [2.45, 2.75) is 52.0 Å². The van der Waals surface area contributed by atoms with Crippen LogP contribution < -0.4 is 10.6 Å². The predicted octanol–water partition coefficient (Wildman–Crippen LogP) is 6.84. The molecule has 1 unspecified atom stereocenters. The summed E-state index contributed by atoms with van der Waals surface area (Å²) in [5, 5.41) is 15.2. The fourth-order valence-electron chi connectivity index (χ4n) is 4.34. The molecular weight excluding hydrogens is 404 g/mol. The highest BCUT2D eigenvalue weighted by Gasteiger charge is 2.13. The lowest BCUT2D eigenvalue weighted by Gasteiger charge is -2.24. The molecule has 4 heteroatoms. The topological polar surface area (TPSA) is 52.7 Å². The zero-order chi connectivity index (χ0) is 23.8. The Hall–Kier alpha value is -3.27. The average molecular weight is 443 g/mol. The Morgan fingerprint density at radius 2 is 1.94 bits per heavy atom. The lowest BCUT2D eigenvalue weighted by Crippen LogP contribution is -2.30. The van der Waals surface area contributed by atoms with Gasteiger partial charge in [0.05, 0.1) is 11.7 Å². The first-order valence-corrected chi connectivity index (χ1v) is 11.9. The lowest BCUT2D eigenvalue weighted by molar-refractivity contribution is 0.417. The van der Waals surface area contributed by atoms with Gasteiger partial charge in [-0.05, 0) is 72.4 Å². The molecule has 0 aliphatic heterocycles. The summed E-state index contributed by atoms with van der Waals surface area (Å²) in [5.74, 6) is 0.637. The first-order chi connectivity index (χ1) is 15.9. The monoisotopic (exact) mass is 442 g/mol. The smallest absolute Gasteiger partial charge is 0.0656 e. The summed E-state index contributed by atoms with van der Waals surface area (Å²) >= 11 is 0. The fraction of sp³-hybridized carbons (Fsp3) is 0.345. The highest BCUT2D eigenvalue weighted by Crippen LogP contribution is 2.30. The SMILES string of the molecule is C=Cc1cc(-c2cccc3[nH]ncc23)ccc1CCC(=C)NC(CCC(=C)NC)CC(C)C. The zero-order valence-corrected chi connectivity index (χ0v) is 20.4. The number of aryl methyl sites for hydroxylation is 1. The van der Waals surface area contributed by atoms with Crippen LogP contribution in [0.25, 0.3) is 28.1 Å². The number of nitrogens with one attached hydrogen (secondary N) is 3. The van der Waals surface area contributed by atoms with E-state index in [-0.39, 0.29) is 0 Å². The Morgan fingerprint density at radius 1 is 1.12 bits per heavy atom. The number of fused-ring (bicyclic) bond motifs is 1. The molecular formula is C29H38N4. The number of hydrogen-bond donors (Lipinski definition) is 3. The van der Waals surface area contributed by atoms with Gasteiger partial charge >= 0.3 is 0 Å². The summed E-state index contributed by atoms with van der Waals surface area (Å²) in [4.78, 5) is 0. The maximum Gasteiger partial charge on any atom is 0.0656 e. The first kappa shape index (κ1) is 24.4. The van der Waals surface area contributed by atoms with Crippen LogP contribution in [0, 0.1) is 5.92 Å². The molecule has 0 fully saturated rings. The molecule has 1 aromatic heterocycles. The van der Waals surface area contributed by atoms with Crippen LogP contribution in [0.15, 0.2) is 73.7 Å². The number of H-pyrrole nitrogens is 1. The number of nitrogens with zero attached hydrogens (tertiary/aromatic N) is 1. The van der Waals surface area contributed by atoms with Crippen LogP contribution in [0.1, 0.15) is 50.7 Å². The van der Waals surface area contributed by atoms with E-state index < -0.39 is 0 Å². The normalized spacial score (nSPS) is 12.0. The van der Waals surface area contributed by atoms with E-state index in [0.29, 0.717) is 12.0 Å². The molecule has 4 nitrogen and oxygen atoms in total. The largest absolute Gasteiger partial charge is 0.392 e. The van der Waals surface area contributed by atoms with Gasteiger partial charge in [0.15, 0.2) is 0 Å². The number of aromatic amines is 1. The Labute approximate surface area is 198 Å². The molecule has 3 N–H and O–H groups in total. The highest BCUT2D eigenvalue weighted by atomic mass is 15.1. The molecule has 2 aromatic carbocycles. The molecule has 0 radical (unpaired) electrons. The van der Waals surface area contributed by atoms with E-state index >= 15 is 0 Å². The molecule has 0 saturated carbocycles. The van der Waals surface area contributed by atoms with Crippen molar-refractivity contribution in [2.75, 3.05) is 7.05 Å². The van der Waals surface area contributed by atoms with Crippen molar-refractivity contribution in [3.63, 3.8) is 0 Å². The molecule has 3 rings (SSSR count). The Bertz CT molecular complexity index is 1110. The number of rotatable bonds is 13. The van der Waals surface area contributed by atoms with Crippen LogP contribution in [0.3, 0.4) is 0 Å². The van der Waals surface area contributed by atoms with Gasteiger partial charge in [-0.3, -0.25) is 5.10 Å². The molecule has 174 valence electrons. The van der Waals surface area contributed by atoms with Crippen LogP contribution in [0.2, 0.25) is 0 Å². The molecule has 33 heavy (non-hydrogen) atoms. The standard InChI is InChI=1S/C29H38N4/c1-7-23-18-25(27-9-8-10-29-28(27)19-31-33-29)15-14-24(23)13-11-22(5)32-26(17-20(2)3)16-12-21(4)30-6/h7-10,14-15,18-20,26,30,32H,1,4-5,11-13,16-17H2,2-3,6H3,(H,31,33). The minimum Gasteiger partial charge on any atom is -0.392 e. The maximum absolute atomic E-state index is 4.33. The molecule has 0 bridgehead atoms. The van der Waals surface area contributed by atoms with Crippen LogP contribution in [-0.2, 0) is 6.42 Å². The van der Waals surface area contributed by atoms with E-state index in [2.05, 4.69) is 90.8 Å². The van der Waals surface area contributed by atoms with E-state index in [1.165, 1.54) is 22.3 Å². The summed E-state index contributed by atoms with van der Waals surface area (Å²) < 4.78 is 0. The van der Waals surface area contributed by atoms with Gasteiger partial charge in [0.2, 0.25) is 0 Å². The fourth-order valence-corrected chi connectivity index (χ4v) is 4.34. The van der Waals surface area contributed by atoms with Crippen LogP contribution >= 0.6 is 0 Å². The molecule has 0 aliphatic rings. The third kappa shape index (κ3) is 6.61. The minimum absolute atomic E-state index is 0.416. The molecule has 0 spiro atoms. The van der Waals surface area contributed by atoms with E-state index in [1.54, 1.807) is 0 Å². The summed E-state index contributed by atoms with van der Waals surface area (Å²) in [6, 6.07) is 13.3. The maximum atomic E-state index is 4.33. The number of hydrogen-bond acceptors (Lipinski definition) is 3. The van der Waals surface area contributed by atoms with Crippen molar-refractivity contribution in [1.29, 1.82) is 0 Å². The molecule has 3 aromatic rings. The Morgan fingerprint density at radius 3 is 2.67 bits per heavy atom. The summed E-state index contributed by atoms with van der Waals surface area (Å²) in [7, 11) is 1.93. The lowest BCUT2D eigenvalue weighted by atomic mass is 9.94. The van der Waals surface area contributed by atoms with Gasteiger partial charge in [-0.2, -0.15) is 5.10 Å². The second-order valence-electron chi connectivity index (χ2n) is 9.22. The predicted molar refractivity (Wildman–Crippen MR) is 143 cm³/mol. The van der Waals surface area contributed by atoms with Gasteiger partial charge in [0.25, 0.3) is 0 Å². The summed E-state index contributed by atoms with van der Waals surface area (Å²) in [6.45, 7) is 17.0. The van der Waals surface area contributed by atoms with E-state index in [0.717, 1.165) is 54.4 Å². The van der Waals surface area contributed by atoms with Crippen LogP contribution in [0.5, 0.6) is 0 Å². The van der Waals surface area contributed by atoms with Gasteiger partial charge in [-0.1, -0.05) is 63.9 Å². The molecule has 1 heterocycles. The van der Waals surface area contributed by atoms with Crippen molar-refractivity contribution in [3.8, 4) is 11.1 Å². The third-order valence-electron chi connectivity index (χ3n) is 6.17. The number of benzene rings is 2. The zero-order valence-electron chi connectivity index (χ0n) is 20.4. The molecule has 0 saturated heterocycles. The molecule has 0 aliphatic carbocycles. The van der Waals surface area contributed by atoms with Crippen molar-refractivity contribution in [3.05, 3.63) is 84.9 Å². The Balaban J connectivity index is 1.66. The van der Waals surface area contributed by atoms with Crippen molar-refractivity contribution >= 4 is 17.0 Å². The van der Waals surface area contributed by atoms with E-state index in [1.807, 2.05) is 19.3 Å². The first-order valence-electron chi connectivity index (χ1n) is 11.9. The van der Waals surface area contributed by atoms with Gasteiger partial charge in [-0.25, -0.2) is 0 Å². The van der Waals surface area contributed by atoms with Gasteiger partial charge in [0, 0.05) is 29.9 Å². The molecule has 0 amide bonds. The van der Waals surface area contributed by atoms with Crippen molar-refractivity contribution in [1.82, 2.24) is 20.8 Å². The van der Waals surface area contributed by atoms with Gasteiger partial charge in [-0.15, -0.1) is 0 Å². The third-order valence-corrected chi connectivity index (χ3v) is 6.17. The van der Waals surface area contributed by atoms with E-state index in [9.17, 15) is 0 Å². The van der Waals surface area contributed by atoms with E-state index in [4.69, 9.17) is 0 Å². The number of aromatic nitrogens is 2. The Kier molecular flexibility index (Phi) is 8.53. The van der Waals surface area contributed by atoms with Gasteiger partial charge in [0.1, 0.15) is 0 Å². The van der Waals surface area contributed by atoms with Crippen LogP contribution in [-0.4, -0.2) is 23.3 Å². The second kappa shape index (κ2) is 11.6. The van der Waals surface area contributed by atoms with Gasteiger partial charge < -0.3 is 10.6 Å². The second-order valence-corrected chi connectivity index (χ2v) is 9.22. The highest BCUT2D eigenvalue weighted by molar-refractivity contribution is 5.94. The summed E-state index contributed by atoms with van der Waals surface area (Å²) in [5.41, 5.74) is 8.05. The van der Waals surface area contributed by atoms with Crippen LogP contribution in [0.4, 0.5) is 0 Å². The average Bonchev–Trinajstić information content (AvgIpc) is 3.29.